The van der Waals surface area contributed by atoms with Crippen molar-refractivity contribution in [1.29, 1.82) is 0 Å². The van der Waals surface area contributed by atoms with Crippen LogP contribution in [-0.2, 0) is 6.54 Å². The van der Waals surface area contributed by atoms with Crippen LogP contribution in [0, 0.1) is 11.2 Å². The van der Waals surface area contributed by atoms with Crippen LogP contribution >= 0.6 is 0 Å². The van der Waals surface area contributed by atoms with Gasteiger partial charge < -0.3 is 5.32 Å². The summed E-state index contributed by atoms with van der Waals surface area (Å²) >= 11 is 0. The first-order chi connectivity index (χ1) is 9.47. The molecule has 2 aromatic rings. The number of benzene rings is 1. The Morgan fingerprint density at radius 2 is 1.70 bits per heavy atom. The maximum Gasteiger partial charge on any atom is 0.123 e. The number of hydrogen-bond donors (Lipinski definition) is 1. The van der Waals surface area contributed by atoms with Crippen LogP contribution in [0.1, 0.15) is 37.9 Å². The minimum absolute atomic E-state index is 0.0213. The van der Waals surface area contributed by atoms with E-state index < -0.39 is 0 Å². The normalized spacial score (nSPS) is 13.2. The van der Waals surface area contributed by atoms with Gasteiger partial charge in [-0.1, -0.05) is 32.9 Å². The molecule has 1 unspecified atom stereocenters. The molecule has 1 atom stereocenters. The van der Waals surface area contributed by atoms with E-state index >= 15 is 0 Å². The van der Waals surface area contributed by atoms with Crippen molar-refractivity contribution in [3.05, 3.63) is 59.9 Å². The molecule has 0 amide bonds. The second kappa shape index (κ2) is 6.09. The zero-order chi connectivity index (χ0) is 14.6. The number of nitrogens with one attached hydrogen (secondary N) is 1. The molecule has 0 spiro atoms. The second-order valence-electron chi connectivity index (χ2n) is 5.98. The van der Waals surface area contributed by atoms with Crippen molar-refractivity contribution in [1.82, 2.24) is 15.3 Å². The van der Waals surface area contributed by atoms with E-state index in [1.54, 1.807) is 12.4 Å². The smallest absolute Gasteiger partial charge is 0.123 e. The van der Waals surface area contributed by atoms with Crippen LogP contribution in [0.3, 0.4) is 0 Å². The van der Waals surface area contributed by atoms with Crippen LogP contribution in [0.15, 0.2) is 43.0 Å². The summed E-state index contributed by atoms with van der Waals surface area (Å²) in [7, 11) is 0. The Morgan fingerprint density at radius 1 is 1.10 bits per heavy atom. The Kier molecular flexibility index (Phi) is 4.45. The van der Waals surface area contributed by atoms with E-state index in [2.05, 4.69) is 36.1 Å². The van der Waals surface area contributed by atoms with Gasteiger partial charge in [-0.15, -0.1) is 0 Å². The summed E-state index contributed by atoms with van der Waals surface area (Å²) in [5, 5.41) is 3.51. The van der Waals surface area contributed by atoms with Crippen molar-refractivity contribution in [2.24, 2.45) is 5.41 Å². The van der Waals surface area contributed by atoms with Crippen molar-refractivity contribution in [2.45, 2.75) is 33.4 Å². The van der Waals surface area contributed by atoms with E-state index in [-0.39, 0.29) is 17.3 Å². The van der Waals surface area contributed by atoms with Crippen molar-refractivity contribution < 1.29 is 4.39 Å². The number of nitrogens with zero attached hydrogens (tertiary/aromatic N) is 2. The maximum absolute atomic E-state index is 13.1. The summed E-state index contributed by atoms with van der Waals surface area (Å²) in [6.07, 6.45) is 5.11. The SMILES string of the molecule is CC(C)(C)C(NCc1cncnc1)c1ccc(F)cc1. The lowest BCUT2D eigenvalue weighted by Crippen LogP contribution is -2.32. The van der Waals surface area contributed by atoms with E-state index in [4.69, 9.17) is 0 Å². The van der Waals surface area contributed by atoms with Crippen molar-refractivity contribution in [2.75, 3.05) is 0 Å². The van der Waals surface area contributed by atoms with Crippen molar-refractivity contribution >= 4 is 0 Å². The molecule has 106 valence electrons. The van der Waals surface area contributed by atoms with Crippen LogP contribution in [0.25, 0.3) is 0 Å². The summed E-state index contributed by atoms with van der Waals surface area (Å²) < 4.78 is 13.1. The zero-order valence-electron chi connectivity index (χ0n) is 12.1. The monoisotopic (exact) mass is 273 g/mol. The molecule has 4 heteroatoms. The van der Waals surface area contributed by atoms with Crippen LogP contribution in [0.2, 0.25) is 0 Å². The fraction of sp³-hybridized carbons (Fsp3) is 0.375. The Labute approximate surface area is 119 Å². The fourth-order valence-corrected chi connectivity index (χ4v) is 2.22. The van der Waals surface area contributed by atoms with Crippen LogP contribution in [0.5, 0.6) is 0 Å². The summed E-state index contributed by atoms with van der Waals surface area (Å²) in [4.78, 5) is 8.02. The third-order valence-electron chi connectivity index (χ3n) is 3.19. The first kappa shape index (κ1) is 14.6. The Morgan fingerprint density at radius 3 is 2.25 bits per heavy atom. The molecule has 1 N–H and O–H groups in total. The van der Waals surface area contributed by atoms with Crippen molar-refractivity contribution in [3.63, 3.8) is 0 Å². The highest BCUT2D eigenvalue weighted by Gasteiger charge is 2.25. The first-order valence-corrected chi connectivity index (χ1v) is 6.69. The highest BCUT2D eigenvalue weighted by Crippen LogP contribution is 2.33. The standard InChI is InChI=1S/C16H20FN3/c1-16(2,3)15(13-4-6-14(17)7-5-13)20-10-12-8-18-11-19-9-12/h4-9,11,15,20H,10H2,1-3H3. The third-order valence-corrected chi connectivity index (χ3v) is 3.19. The lowest BCUT2D eigenvalue weighted by atomic mass is 9.82. The molecule has 1 heterocycles. The number of aromatic nitrogens is 2. The molecule has 1 aromatic heterocycles. The van der Waals surface area contributed by atoms with Gasteiger partial charge in [-0.05, 0) is 23.1 Å². The summed E-state index contributed by atoms with van der Waals surface area (Å²) in [5.41, 5.74) is 2.13. The van der Waals surface area contributed by atoms with Gasteiger partial charge in [-0.3, -0.25) is 0 Å². The average Bonchev–Trinajstić information content (AvgIpc) is 2.41. The van der Waals surface area contributed by atoms with Crippen LogP contribution in [0.4, 0.5) is 4.39 Å². The molecule has 2 rings (SSSR count). The number of halogens is 1. The van der Waals surface area contributed by atoms with Gasteiger partial charge in [-0.2, -0.15) is 0 Å². The van der Waals surface area contributed by atoms with Gasteiger partial charge in [0.05, 0.1) is 0 Å². The molecule has 1 aromatic carbocycles. The molecule has 0 aliphatic carbocycles. The topological polar surface area (TPSA) is 37.8 Å². The lowest BCUT2D eigenvalue weighted by Gasteiger charge is -2.32. The van der Waals surface area contributed by atoms with E-state index in [1.165, 1.54) is 18.5 Å². The Bertz CT molecular complexity index is 532. The predicted molar refractivity (Wildman–Crippen MR) is 77.5 cm³/mol. The number of hydrogen-bond acceptors (Lipinski definition) is 3. The third kappa shape index (κ3) is 3.84. The van der Waals surface area contributed by atoms with Gasteiger partial charge in [0.1, 0.15) is 12.1 Å². The van der Waals surface area contributed by atoms with Crippen LogP contribution < -0.4 is 5.32 Å². The van der Waals surface area contributed by atoms with Crippen molar-refractivity contribution in [3.8, 4) is 0 Å². The molecule has 0 saturated heterocycles. The second-order valence-corrected chi connectivity index (χ2v) is 5.98. The summed E-state index contributed by atoms with van der Waals surface area (Å²) in [6, 6.07) is 6.80. The molecule has 0 saturated carbocycles. The Hall–Kier alpha value is -1.81. The minimum Gasteiger partial charge on any atom is -0.305 e. The van der Waals surface area contributed by atoms with Gasteiger partial charge >= 0.3 is 0 Å². The van der Waals surface area contributed by atoms with Gasteiger partial charge in [0.15, 0.2) is 0 Å². The molecular weight excluding hydrogens is 253 g/mol. The largest absolute Gasteiger partial charge is 0.305 e. The van der Waals surface area contributed by atoms with Gasteiger partial charge in [0.2, 0.25) is 0 Å². The van der Waals surface area contributed by atoms with Gasteiger partial charge in [0.25, 0.3) is 0 Å². The summed E-state index contributed by atoms with van der Waals surface area (Å²) in [5.74, 6) is -0.210. The quantitative estimate of drug-likeness (QED) is 0.926. The molecule has 20 heavy (non-hydrogen) atoms. The maximum atomic E-state index is 13.1. The molecular formula is C16H20FN3. The molecule has 0 aliphatic heterocycles. The Balaban J connectivity index is 2.14. The lowest BCUT2D eigenvalue weighted by molar-refractivity contribution is 0.270. The number of rotatable bonds is 4. The average molecular weight is 273 g/mol. The highest BCUT2D eigenvalue weighted by atomic mass is 19.1. The van der Waals surface area contributed by atoms with E-state index in [0.29, 0.717) is 6.54 Å². The first-order valence-electron chi connectivity index (χ1n) is 6.69. The predicted octanol–water partition coefficient (Wildman–Crippen LogP) is 3.49. The summed E-state index contributed by atoms with van der Waals surface area (Å²) in [6.45, 7) is 7.17. The van der Waals surface area contributed by atoms with Gasteiger partial charge in [-0.25, -0.2) is 14.4 Å². The van der Waals surface area contributed by atoms with E-state index in [0.717, 1.165) is 11.1 Å². The molecule has 0 fully saturated rings. The van der Waals surface area contributed by atoms with E-state index in [1.807, 2.05) is 12.1 Å². The minimum atomic E-state index is -0.210. The molecule has 0 radical (unpaired) electrons. The molecule has 0 aliphatic rings. The molecule has 0 bridgehead atoms. The zero-order valence-corrected chi connectivity index (χ0v) is 12.1. The van der Waals surface area contributed by atoms with E-state index in [9.17, 15) is 4.39 Å². The fourth-order valence-electron chi connectivity index (χ4n) is 2.22. The molecule has 3 nitrogen and oxygen atoms in total. The highest BCUT2D eigenvalue weighted by molar-refractivity contribution is 5.22. The van der Waals surface area contributed by atoms with Crippen LogP contribution in [-0.4, -0.2) is 9.97 Å². The van der Waals surface area contributed by atoms with Gasteiger partial charge in [0, 0.05) is 30.5 Å².